The summed E-state index contributed by atoms with van der Waals surface area (Å²) < 4.78 is 0. The predicted molar refractivity (Wildman–Crippen MR) is 86.7 cm³/mol. The summed E-state index contributed by atoms with van der Waals surface area (Å²) in [5, 5.41) is 2.74. The maximum atomic E-state index is 12.8. The summed E-state index contributed by atoms with van der Waals surface area (Å²) in [5.74, 6) is -2.22. The summed E-state index contributed by atoms with van der Waals surface area (Å²) in [6.45, 7) is 1.85. The molecule has 7 heteroatoms. The number of urea groups is 1. The number of hydrogen-bond acceptors (Lipinski definition) is 4. The van der Waals surface area contributed by atoms with Crippen molar-refractivity contribution in [2.75, 3.05) is 4.90 Å². The molecule has 0 spiro atoms. The van der Waals surface area contributed by atoms with Crippen molar-refractivity contribution in [1.82, 2.24) is 5.32 Å². The molecule has 1 aliphatic heterocycles. The molecule has 0 radical (unpaired) electrons. The Morgan fingerprint density at radius 2 is 1.91 bits per heavy atom. The minimum Gasteiger partial charge on any atom is -0.289 e. The Morgan fingerprint density at radius 3 is 2.48 bits per heavy atom. The van der Waals surface area contributed by atoms with Gasteiger partial charge in [-0.2, -0.15) is 0 Å². The number of hydrogen-bond donors (Lipinski definition) is 1. The molecular formula is C16H16ClN3O3. The third-order valence-corrected chi connectivity index (χ3v) is 4.09. The first-order valence-corrected chi connectivity index (χ1v) is 7.90. The molecule has 0 bridgehead atoms. The van der Waals surface area contributed by atoms with Crippen molar-refractivity contribution in [3.8, 4) is 0 Å². The second kappa shape index (κ2) is 6.12. The second-order valence-electron chi connectivity index (χ2n) is 5.58. The standard InChI is InChI=1S/C16H16ClN3O3/c1-2-12(18-10-5-6-10)13-14(21)19-16(23)20(15(13)22)11-7-3-9(17)4-8-11/h3-4,7-8,10,13H,2,5-6H2,1H3,(H,19,21,23). The van der Waals surface area contributed by atoms with Gasteiger partial charge in [-0.25, -0.2) is 9.69 Å². The van der Waals surface area contributed by atoms with Crippen molar-refractivity contribution in [3.63, 3.8) is 0 Å². The molecule has 23 heavy (non-hydrogen) atoms. The first-order chi connectivity index (χ1) is 11.0. The average molecular weight is 334 g/mol. The molecule has 0 aromatic heterocycles. The fourth-order valence-electron chi connectivity index (χ4n) is 2.51. The highest BCUT2D eigenvalue weighted by molar-refractivity contribution is 6.35. The molecule has 1 aliphatic carbocycles. The number of nitrogens with one attached hydrogen (secondary N) is 1. The first-order valence-electron chi connectivity index (χ1n) is 7.52. The van der Waals surface area contributed by atoms with Crippen LogP contribution in [0.4, 0.5) is 10.5 Å². The van der Waals surface area contributed by atoms with Gasteiger partial charge in [0.25, 0.3) is 5.91 Å². The van der Waals surface area contributed by atoms with Gasteiger partial charge >= 0.3 is 6.03 Å². The zero-order valence-corrected chi connectivity index (χ0v) is 13.3. The van der Waals surface area contributed by atoms with Crippen molar-refractivity contribution in [2.45, 2.75) is 32.2 Å². The molecule has 6 nitrogen and oxygen atoms in total. The number of aliphatic imine (C=N–C) groups is 1. The van der Waals surface area contributed by atoms with Crippen LogP contribution in [0.5, 0.6) is 0 Å². The van der Waals surface area contributed by atoms with E-state index >= 15 is 0 Å². The number of rotatable bonds is 4. The van der Waals surface area contributed by atoms with Gasteiger partial charge in [-0.1, -0.05) is 18.5 Å². The van der Waals surface area contributed by atoms with Gasteiger partial charge in [0.15, 0.2) is 5.92 Å². The van der Waals surface area contributed by atoms with Crippen molar-refractivity contribution in [3.05, 3.63) is 29.3 Å². The van der Waals surface area contributed by atoms with Gasteiger partial charge in [0.2, 0.25) is 5.91 Å². The Kier molecular flexibility index (Phi) is 4.17. The highest BCUT2D eigenvalue weighted by Gasteiger charge is 2.44. The lowest BCUT2D eigenvalue weighted by molar-refractivity contribution is -0.131. The van der Waals surface area contributed by atoms with Crippen molar-refractivity contribution < 1.29 is 14.4 Å². The van der Waals surface area contributed by atoms with E-state index in [2.05, 4.69) is 10.3 Å². The van der Waals surface area contributed by atoms with E-state index in [1.165, 1.54) is 0 Å². The van der Waals surface area contributed by atoms with Crippen LogP contribution >= 0.6 is 11.6 Å². The molecule has 4 amide bonds. The third kappa shape index (κ3) is 3.12. The molecule has 1 saturated carbocycles. The largest absolute Gasteiger partial charge is 0.335 e. The minimum absolute atomic E-state index is 0.201. The van der Waals surface area contributed by atoms with E-state index in [-0.39, 0.29) is 6.04 Å². The molecule has 1 aromatic rings. The lowest BCUT2D eigenvalue weighted by atomic mass is 9.96. The summed E-state index contributed by atoms with van der Waals surface area (Å²) in [6.07, 6.45) is 2.45. The Balaban J connectivity index is 1.95. The van der Waals surface area contributed by atoms with Gasteiger partial charge < -0.3 is 0 Å². The number of amides is 4. The monoisotopic (exact) mass is 333 g/mol. The van der Waals surface area contributed by atoms with E-state index in [1.54, 1.807) is 24.3 Å². The molecule has 1 heterocycles. The predicted octanol–water partition coefficient (Wildman–Crippen LogP) is 2.55. The summed E-state index contributed by atoms with van der Waals surface area (Å²) in [5.41, 5.74) is 0.901. The summed E-state index contributed by atoms with van der Waals surface area (Å²) in [7, 11) is 0. The van der Waals surface area contributed by atoms with Crippen LogP contribution in [0.15, 0.2) is 29.3 Å². The Morgan fingerprint density at radius 1 is 1.26 bits per heavy atom. The van der Waals surface area contributed by atoms with E-state index in [0.29, 0.717) is 22.8 Å². The van der Waals surface area contributed by atoms with E-state index in [1.807, 2.05) is 6.92 Å². The summed E-state index contributed by atoms with van der Waals surface area (Å²) in [6, 6.07) is 5.75. The molecule has 1 unspecified atom stereocenters. The van der Waals surface area contributed by atoms with Gasteiger partial charge in [0.05, 0.1) is 11.7 Å². The number of halogens is 1. The van der Waals surface area contributed by atoms with E-state index in [4.69, 9.17) is 11.6 Å². The molecule has 1 atom stereocenters. The fourth-order valence-corrected chi connectivity index (χ4v) is 2.64. The summed E-state index contributed by atoms with van der Waals surface area (Å²) in [4.78, 5) is 42.5. The van der Waals surface area contributed by atoms with E-state index < -0.39 is 23.8 Å². The lowest BCUT2D eigenvalue weighted by Gasteiger charge is -2.30. The minimum atomic E-state index is -1.05. The first kappa shape index (κ1) is 15.7. The smallest absolute Gasteiger partial charge is 0.289 e. The molecule has 1 saturated heterocycles. The van der Waals surface area contributed by atoms with Crippen LogP contribution in [0, 0.1) is 5.92 Å². The van der Waals surface area contributed by atoms with E-state index in [0.717, 1.165) is 17.7 Å². The van der Waals surface area contributed by atoms with Gasteiger partial charge in [-0.15, -0.1) is 0 Å². The van der Waals surface area contributed by atoms with Crippen LogP contribution in [0.2, 0.25) is 5.02 Å². The van der Waals surface area contributed by atoms with Crippen LogP contribution in [-0.2, 0) is 9.59 Å². The maximum Gasteiger partial charge on any atom is 0.335 e. The number of nitrogens with zero attached hydrogens (tertiary/aromatic N) is 2. The quantitative estimate of drug-likeness (QED) is 0.679. The molecule has 1 aromatic carbocycles. The normalized spacial score (nSPS) is 22.3. The van der Waals surface area contributed by atoms with Crippen molar-refractivity contribution in [2.24, 2.45) is 10.9 Å². The number of carbonyl (C=O) groups excluding carboxylic acids is 3. The molecule has 2 fully saturated rings. The second-order valence-corrected chi connectivity index (χ2v) is 6.02. The maximum absolute atomic E-state index is 12.8. The van der Waals surface area contributed by atoms with Crippen molar-refractivity contribution >= 4 is 40.8 Å². The van der Waals surface area contributed by atoms with Crippen LogP contribution in [0.25, 0.3) is 0 Å². The fraction of sp³-hybridized carbons (Fsp3) is 0.375. The van der Waals surface area contributed by atoms with Crippen LogP contribution < -0.4 is 10.2 Å². The van der Waals surface area contributed by atoms with E-state index in [9.17, 15) is 14.4 Å². The topological polar surface area (TPSA) is 78.8 Å². The van der Waals surface area contributed by atoms with Gasteiger partial charge in [0.1, 0.15) is 0 Å². The number of anilines is 1. The number of benzene rings is 1. The number of carbonyl (C=O) groups is 3. The number of imide groups is 2. The lowest BCUT2D eigenvalue weighted by Crippen LogP contribution is -2.60. The van der Waals surface area contributed by atoms with Crippen LogP contribution in [0.1, 0.15) is 26.2 Å². The Labute approximate surface area is 138 Å². The van der Waals surface area contributed by atoms with Crippen LogP contribution in [-0.4, -0.2) is 29.6 Å². The van der Waals surface area contributed by atoms with Gasteiger partial charge in [-0.05, 0) is 43.5 Å². The molecule has 3 rings (SSSR count). The highest BCUT2D eigenvalue weighted by Crippen LogP contribution is 2.28. The molecular weight excluding hydrogens is 318 g/mol. The SMILES string of the molecule is CCC(=NC1CC1)C1C(=O)NC(=O)N(c2ccc(Cl)cc2)C1=O. The van der Waals surface area contributed by atoms with Gasteiger partial charge in [0, 0.05) is 10.7 Å². The van der Waals surface area contributed by atoms with Crippen molar-refractivity contribution in [1.29, 1.82) is 0 Å². The highest BCUT2D eigenvalue weighted by atomic mass is 35.5. The molecule has 1 N–H and O–H groups in total. The zero-order valence-electron chi connectivity index (χ0n) is 12.6. The zero-order chi connectivity index (χ0) is 16.6. The van der Waals surface area contributed by atoms with Crippen LogP contribution in [0.3, 0.4) is 0 Å². The Bertz CT molecular complexity index is 695. The van der Waals surface area contributed by atoms with Gasteiger partial charge in [-0.3, -0.25) is 19.9 Å². The Hall–Kier alpha value is -2.21. The summed E-state index contributed by atoms with van der Waals surface area (Å²) >= 11 is 5.84. The number of barbiturate groups is 1. The average Bonchev–Trinajstić information content (AvgIpc) is 3.31. The molecule has 120 valence electrons. The third-order valence-electron chi connectivity index (χ3n) is 3.84. The molecule has 2 aliphatic rings.